The van der Waals surface area contributed by atoms with E-state index in [4.69, 9.17) is 10.5 Å². The van der Waals surface area contributed by atoms with Crippen LogP contribution in [0.2, 0.25) is 0 Å². The molecule has 4 heteroatoms. The van der Waals surface area contributed by atoms with E-state index in [1.165, 1.54) is 0 Å². The number of benzene rings is 1. The predicted octanol–water partition coefficient (Wildman–Crippen LogP) is 1.99. The Hall–Kier alpha value is -1.55. The molecule has 0 aliphatic rings. The molecule has 4 nitrogen and oxygen atoms in total. The lowest BCUT2D eigenvalue weighted by Crippen LogP contribution is -2.35. The van der Waals surface area contributed by atoms with Crippen molar-refractivity contribution < 1.29 is 9.53 Å². The lowest BCUT2D eigenvalue weighted by atomic mass is 9.89. The molecule has 1 amide bonds. The van der Waals surface area contributed by atoms with Gasteiger partial charge in [0.2, 0.25) is 5.91 Å². The molecule has 1 rings (SSSR count). The Bertz CT molecular complexity index is 416. The third-order valence-electron chi connectivity index (χ3n) is 3.06. The van der Waals surface area contributed by atoms with Crippen LogP contribution in [0.25, 0.3) is 0 Å². The molecule has 0 aliphatic heterocycles. The lowest BCUT2D eigenvalue weighted by molar-refractivity contribution is -0.120. The van der Waals surface area contributed by atoms with Crippen molar-refractivity contribution in [3.05, 3.63) is 29.8 Å². The number of nitrogens with one attached hydrogen (secondary N) is 1. The number of carbonyl (C=O) groups is 1. The van der Waals surface area contributed by atoms with Crippen LogP contribution < -0.4 is 11.1 Å². The molecule has 0 aromatic heterocycles. The molecule has 19 heavy (non-hydrogen) atoms. The summed E-state index contributed by atoms with van der Waals surface area (Å²) in [6.45, 7) is 5.59. The molecule has 1 aromatic rings. The zero-order chi connectivity index (χ0) is 14.3. The van der Waals surface area contributed by atoms with Crippen LogP contribution in [0.15, 0.2) is 24.3 Å². The quantitative estimate of drug-likeness (QED) is 0.740. The summed E-state index contributed by atoms with van der Waals surface area (Å²) >= 11 is 0. The third-order valence-corrected chi connectivity index (χ3v) is 3.06. The molecule has 0 unspecified atom stereocenters. The van der Waals surface area contributed by atoms with Gasteiger partial charge in [-0.05, 0) is 29.5 Å². The molecule has 0 saturated heterocycles. The average Bonchev–Trinajstić information content (AvgIpc) is 2.34. The summed E-state index contributed by atoms with van der Waals surface area (Å²) in [6.07, 6.45) is 1.29. The van der Waals surface area contributed by atoms with Crippen molar-refractivity contribution in [3.8, 4) is 0 Å². The van der Waals surface area contributed by atoms with E-state index in [1.54, 1.807) is 7.11 Å². The molecule has 1 aromatic carbocycles. The second-order valence-corrected chi connectivity index (χ2v) is 5.61. The van der Waals surface area contributed by atoms with Crippen LogP contribution in [0, 0.1) is 5.41 Å². The van der Waals surface area contributed by atoms with Gasteiger partial charge in [0.1, 0.15) is 0 Å². The van der Waals surface area contributed by atoms with E-state index in [1.807, 2.05) is 24.3 Å². The van der Waals surface area contributed by atoms with Crippen LogP contribution in [-0.4, -0.2) is 26.2 Å². The summed E-state index contributed by atoms with van der Waals surface area (Å²) in [6, 6.07) is 7.41. The molecule has 0 bridgehead atoms. The summed E-state index contributed by atoms with van der Waals surface area (Å²) in [4.78, 5) is 11.9. The van der Waals surface area contributed by atoms with Gasteiger partial charge in [-0.15, -0.1) is 0 Å². The molecule has 0 heterocycles. The van der Waals surface area contributed by atoms with E-state index >= 15 is 0 Å². The van der Waals surface area contributed by atoms with Crippen molar-refractivity contribution in [2.75, 3.05) is 26.0 Å². The van der Waals surface area contributed by atoms with Crippen molar-refractivity contribution in [1.29, 1.82) is 0 Å². The molecule has 0 spiro atoms. The number of ether oxygens (including phenoxy) is 1. The van der Waals surface area contributed by atoms with Gasteiger partial charge < -0.3 is 15.8 Å². The lowest BCUT2D eigenvalue weighted by Gasteiger charge is -2.24. The minimum atomic E-state index is 0.0242. The van der Waals surface area contributed by atoms with E-state index in [2.05, 4.69) is 19.2 Å². The molecule has 0 fully saturated rings. The minimum absolute atomic E-state index is 0.0242. The Morgan fingerprint density at radius 2 is 2.16 bits per heavy atom. The standard InChI is InChI=1S/C15H24N2O2/c1-15(2,7-8-19-3)11-17-14(18)10-12-5-4-6-13(16)9-12/h4-6,9H,7-8,10-11,16H2,1-3H3,(H,17,18). The summed E-state index contributed by atoms with van der Waals surface area (Å²) in [5, 5.41) is 2.96. The normalized spacial score (nSPS) is 11.3. The highest BCUT2D eigenvalue weighted by Crippen LogP contribution is 2.18. The highest BCUT2D eigenvalue weighted by molar-refractivity contribution is 5.78. The topological polar surface area (TPSA) is 64.3 Å². The average molecular weight is 264 g/mol. The highest BCUT2D eigenvalue weighted by Gasteiger charge is 2.18. The molecule has 3 N–H and O–H groups in total. The van der Waals surface area contributed by atoms with E-state index < -0.39 is 0 Å². The van der Waals surface area contributed by atoms with Gasteiger partial charge in [-0.2, -0.15) is 0 Å². The fourth-order valence-corrected chi connectivity index (χ4v) is 1.76. The second kappa shape index (κ2) is 7.14. The molecular formula is C15H24N2O2. The molecule has 0 saturated carbocycles. The van der Waals surface area contributed by atoms with Crippen molar-refractivity contribution in [3.63, 3.8) is 0 Å². The first kappa shape index (κ1) is 15.5. The predicted molar refractivity (Wildman–Crippen MR) is 77.8 cm³/mol. The van der Waals surface area contributed by atoms with Crippen molar-refractivity contribution >= 4 is 11.6 Å². The number of carbonyl (C=O) groups excluding carboxylic acids is 1. The van der Waals surface area contributed by atoms with Gasteiger partial charge in [0.05, 0.1) is 6.42 Å². The Kier molecular flexibility index (Phi) is 5.83. The van der Waals surface area contributed by atoms with E-state index in [9.17, 15) is 4.79 Å². The first-order chi connectivity index (χ1) is 8.93. The number of hydrogen-bond acceptors (Lipinski definition) is 3. The van der Waals surface area contributed by atoms with Gasteiger partial charge >= 0.3 is 0 Å². The van der Waals surface area contributed by atoms with Gasteiger partial charge in [-0.25, -0.2) is 0 Å². The van der Waals surface area contributed by atoms with Gasteiger partial charge in [0.15, 0.2) is 0 Å². The molecular weight excluding hydrogens is 240 g/mol. The van der Waals surface area contributed by atoms with Gasteiger partial charge in [-0.1, -0.05) is 26.0 Å². The van der Waals surface area contributed by atoms with Gasteiger partial charge in [-0.3, -0.25) is 4.79 Å². The number of rotatable bonds is 7. The second-order valence-electron chi connectivity index (χ2n) is 5.61. The number of amides is 1. The van der Waals surface area contributed by atoms with Gasteiger partial charge in [0.25, 0.3) is 0 Å². The highest BCUT2D eigenvalue weighted by atomic mass is 16.5. The Morgan fingerprint density at radius 3 is 2.79 bits per heavy atom. The largest absolute Gasteiger partial charge is 0.399 e. The summed E-state index contributed by atoms with van der Waals surface area (Å²) in [5.41, 5.74) is 7.35. The number of hydrogen-bond donors (Lipinski definition) is 2. The minimum Gasteiger partial charge on any atom is -0.399 e. The third kappa shape index (κ3) is 6.25. The fourth-order valence-electron chi connectivity index (χ4n) is 1.76. The van der Waals surface area contributed by atoms with Gasteiger partial charge in [0, 0.05) is 25.9 Å². The van der Waals surface area contributed by atoms with E-state index in [-0.39, 0.29) is 11.3 Å². The van der Waals surface area contributed by atoms with Crippen molar-refractivity contribution in [2.45, 2.75) is 26.7 Å². The number of nitrogens with two attached hydrogens (primary N) is 1. The monoisotopic (exact) mass is 264 g/mol. The smallest absolute Gasteiger partial charge is 0.224 e. The maximum Gasteiger partial charge on any atom is 0.224 e. The van der Waals surface area contributed by atoms with Crippen LogP contribution in [0.1, 0.15) is 25.8 Å². The van der Waals surface area contributed by atoms with Crippen LogP contribution in [0.5, 0.6) is 0 Å². The zero-order valence-electron chi connectivity index (χ0n) is 12.0. The van der Waals surface area contributed by atoms with Crippen LogP contribution >= 0.6 is 0 Å². The summed E-state index contributed by atoms with van der Waals surface area (Å²) in [7, 11) is 1.69. The summed E-state index contributed by atoms with van der Waals surface area (Å²) in [5.74, 6) is 0.0242. The number of nitrogen functional groups attached to an aromatic ring is 1. The SMILES string of the molecule is COCCC(C)(C)CNC(=O)Cc1cccc(N)c1. The first-order valence-electron chi connectivity index (χ1n) is 6.53. The fraction of sp³-hybridized carbons (Fsp3) is 0.533. The maximum absolute atomic E-state index is 11.9. The molecule has 0 atom stereocenters. The molecule has 106 valence electrons. The Labute approximate surface area is 115 Å². The molecule has 0 radical (unpaired) electrons. The number of methoxy groups -OCH3 is 1. The number of anilines is 1. The Balaban J connectivity index is 2.39. The Morgan fingerprint density at radius 1 is 1.42 bits per heavy atom. The maximum atomic E-state index is 11.9. The van der Waals surface area contributed by atoms with Crippen LogP contribution in [0.4, 0.5) is 5.69 Å². The first-order valence-corrected chi connectivity index (χ1v) is 6.53. The van der Waals surface area contributed by atoms with Crippen molar-refractivity contribution in [1.82, 2.24) is 5.32 Å². The summed E-state index contributed by atoms with van der Waals surface area (Å²) < 4.78 is 5.07. The van der Waals surface area contributed by atoms with Crippen LogP contribution in [0.3, 0.4) is 0 Å². The van der Waals surface area contributed by atoms with Crippen LogP contribution in [-0.2, 0) is 16.0 Å². The zero-order valence-corrected chi connectivity index (χ0v) is 12.0. The molecule has 0 aliphatic carbocycles. The van der Waals surface area contributed by atoms with Crippen molar-refractivity contribution in [2.24, 2.45) is 5.41 Å². The van der Waals surface area contributed by atoms with E-state index in [0.29, 0.717) is 25.3 Å². The van der Waals surface area contributed by atoms with E-state index in [0.717, 1.165) is 12.0 Å².